The third kappa shape index (κ3) is 2.53. The van der Waals surface area contributed by atoms with Crippen molar-refractivity contribution in [3.63, 3.8) is 0 Å². The molecule has 0 unspecified atom stereocenters. The summed E-state index contributed by atoms with van der Waals surface area (Å²) >= 11 is 0. The zero-order chi connectivity index (χ0) is 12.3. The number of esters is 1. The number of ether oxygens (including phenoxy) is 2. The van der Waals surface area contributed by atoms with Gasteiger partial charge in [0.25, 0.3) is 0 Å². The van der Waals surface area contributed by atoms with Crippen LogP contribution in [-0.4, -0.2) is 18.5 Å². The second-order valence-electron chi connectivity index (χ2n) is 3.52. The van der Waals surface area contributed by atoms with Crippen molar-refractivity contribution < 1.29 is 14.3 Å². The van der Waals surface area contributed by atoms with E-state index in [1.807, 2.05) is 31.2 Å². The van der Waals surface area contributed by atoms with Crippen molar-refractivity contribution in [1.82, 2.24) is 0 Å². The number of carbonyl (C=O) groups excluding carboxylic acids is 1. The maximum Gasteiger partial charge on any atom is 0.363 e. The Hall–Kier alpha value is -2.10. The summed E-state index contributed by atoms with van der Waals surface area (Å²) in [4.78, 5) is 15.4. The lowest BCUT2D eigenvalue weighted by atomic mass is 10.1. The topological polar surface area (TPSA) is 47.9 Å². The van der Waals surface area contributed by atoms with E-state index in [0.717, 1.165) is 11.3 Å². The lowest BCUT2D eigenvalue weighted by Gasteiger charge is -2.06. The summed E-state index contributed by atoms with van der Waals surface area (Å²) in [5, 5.41) is 0. The first-order valence-electron chi connectivity index (χ1n) is 5.41. The Balaban J connectivity index is 2.35. The molecule has 0 aromatic heterocycles. The predicted molar refractivity (Wildman–Crippen MR) is 64.8 cm³/mol. The number of hydrogen-bond donors (Lipinski definition) is 0. The molecule has 17 heavy (non-hydrogen) atoms. The molecule has 0 saturated heterocycles. The zero-order valence-electron chi connectivity index (χ0n) is 9.77. The van der Waals surface area contributed by atoms with Crippen LogP contribution < -0.4 is 4.74 Å². The molecule has 1 aliphatic rings. The average Bonchev–Trinajstić information content (AvgIpc) is 2.61. The molecule has 0 fully saturated rings. The van der Waals surface area contributed by atoms with Crippen LogP contribution >= 0.6 is 0 Å². The van der Waals surface area contributed by atoms with Crippen molar-refractivity contribution in [2.45, 2.75) is 13.8 Å². The second-order valence-corrected chi connectivity index (χ2v) is 3.52. The molecule has 1 heterocycles. The molecule has 0 spiro atoms. The third-order valence-corrected chi connectivity index (χ3v) is 2.24. The van der Waals surface area contributed by atoms with E-state index in [0.29, 0.717) is 18.2 Å². The van der Waals surface area contributed by atoms with Crippen LogP contribution in [0.3, 0.4) is 0 Å². The van der Waals surface area contributed by atoms with E-state index >= 15 is 0 Å². The molecule has 4 heteroatoms. The number of hydrogen-bond acceptors (Lipinski definition) is 4. The summed E-state index contributed by atoms with van der Waals surface area (Å²) in [5.41, 5.74) is 1.12. The predicted octanol–water partition coefficient (Wildman–Crippen LogP) is 2.40. The highest BCUT2D eigenvalue weighted by atomic mass is 16.6. The Bertz CT molecular complexity index is 503. The molecule has 0 saturated carbocycles. The van der Waals surface area contributed by atoms with Gasteiger partial charge < -0.3 is 9.47 Å². The Morgan fingerprint density at radius 2 is 2.18 bits per heavy atom. The molecule has 0 bridgehead atoms. The number of rotatable bonds is 3. The Morgan fingerprint density at radius 3 is 2.82 bits per heavy atom. The molecule has 1 aliphatic heterocycles. The zero-order valence-corrected chi connectivity index (χ0v) is 9.77. The first kappa shape index (κ1) is 11.4. The highest BCUT2D eigenvalue weighted by Crippen LogP contribution is 2.23. The van der Waals surface area contributed by atoms with E-state index < -0.39 is 5.97 Å². The quantitative estimate of drug-likeness (QED) is 0.592. The first-order chi connectivity index (χ1) is 8.20. The van der Waals surface area contributed by atoms with Gasteiger partial charge in [0.15, 0.2) is 11.6 Å². The summed E-state index contributed by atoms with van der Waals surface area (Å²) in [5.74, 6) is 0.680. The fourth-order valence-corrected chi connectivity index (χ4v) is 1.55. The monoisotopic (exact) mass is 231 g/mol. The smallest absolute Gasteiger partial charge is 0.363 e. The minimum Gasteiger partial charge on any atom is -0.493 e. The molecule has 0 N–H and O–H groups in total. The molecule has 1 aromatic rings. The maximum absolute atomic E-state index is 11.4. The summed E-state index contributed by atoms with van der Waals surface area (Å²) in [7, 11) is 0. The normalized spacial score (nSPS) is 16.9. The summed E-state index contributed by atoms with van der Waals surface area (Å²) < 4.78 is 10.3. The molecule has 0 radical (unpaired) electrons. The first-order valence-corrected chi connectivity index (χ1v) is 5.41. The minimum atomic E-state index is -0.422. The molecule has 0 amide bonds. The van der Waals surface area contributed by atoms with E-state index in [1.54, 1.807) is 13.0 Å². The highest BCUT2D eigenvalue weighted by Gasteiger charge is 2.20. The molecule has 0 atom stereocenters. The molecule has 0 aliphatic carbocycles. The van der Waals surface area contributed by atoms with Gasteiger partial charge in [0.05, 0.1) is 6.61 Å². The van der Waals surface area contributed by atoms with Crippen LogP contribution in [0.25, 0.3) is 6.08 Å². The largest absolute Gasteiger partial charge is 0.493 e. The number of cyclic esters (lactones) is 1. The highest BCUT2D eigenvalue weighted by molar-refractivity contribution is 6.06. The number of carbonyl (C=O) groups is 1. The van der Waals surface area contributed by atoms with Crippen molar-refractivity contribution >= 4 is 17.9 Å². The van der Waals surface area contributed by atoms with Gasteiger partial charge in [0.1, 0.15) is 5.75 Å². The average molecular weight is 231 g/mol. The van der Waals surface area contributed by atoms with Gasteiger partial charge in [-0.15, -0.1) is 0 Å². The van der Waals surface area contributed by atoms with Crippen LogP contribution in [0.2, 0.25) is 0 Å². The summed E-state index contributed by atoms with van der Waals surface area (Å²) in [6.45, 7) is 4.14. The van der Waals surface area contributed by atoms with E-state index in [2.05, 4.69) is 4.99 Å². The number of nitrogens with zero attached hydrogens (tertiary/aromatic N) is 1. The number of benzene rings is 1. The van der Waals surface area contributed by atoms with E-state index in [-0.39, 0.29) is 0 Å². The van der Waals surface area contributed by atoms with E-state index in [9.17, 15) is 4.79 Å². The van der Waals surface area contributed by atoms with Crippen LogP contribution in [0.4, 0.5) is 0 Å². The van der Waals surface area contributed by atoms with Gasteiger partial charge in [-0.3, -0.25) is 0 Å². The van der Waals surface area contributed by atoms with Gasteiger partial charge in [0.2, 0.25) is 0 Å². The van der Waals surface area contributed by atoms with Crippen LogP contribution in [0.15, 0.2) is 35.0 Å². The molecule has 1 aromatic carbocycles. The molecule has 88 valence electrons. The van der Waals surface area contributed by atoms with Crippen molar-refractivity contribution in [3.05, 3.63) is 35.5 Å². The molecule has 2 rings (SSSR count). The summed E-state index contributed by atoms with van der Waals surface area (Å²) in [6.07, 6.45) is 1.67. The lowest BCUT2D eigenvalue weighted by Crippen LogP contribution is -2.00. The minimum absolute atomic E-state index is 0.301. The number of para-hydroxylation sites is 1. The van der Waals surface area contributed by atoms with Crippen LogP contribution in [0.1, 0.15) is 19.4 Å². The summed E-state index contributed by atoms with van der Waals surface area (Å²) in [6, 6.07) is 7.49. The third-order valence-electron chi connectivity index (χ3n) is 2.24. The van der Waals surface area contributed by atoms with Crippen LogP contribution in [0, 0.1) is 0 Å². The van der Waals surface area contributed by atoms with Gasteiger partial charge in [0, 0.05) is 12.5 Å². The molecular weight excluding hydrogens is 218 g/mol. The maximum atomic E-state index is 11.4. The van der Waals surface area contributed by atoms with Crippen molar-refractivity contribution in [3.8, 4) is 5.75 Å². The van der Waals surface area contributed by atoms with Gasteiger partial charge in [-0.25, -0.2) is 9.79 Å². The fourth-order valence-electron chi connectivity index (χ4n) is 1.55. The Labute approximate surface area is 99.6 Å². The molecular formula is C13H13NO3. The number of aliphatic imine (C=N–C) groups is 1. The van der Waals surface area contributed by atoms with Crippen molar-refractivity contribution in [2.24, 2.45) is 4.99 Å². The standard InChI is InChI=1S/C13H13NO3/c1-3-16-12-7-5-4-6-10(12)8-11-13(15)17-9(2)14-11/h4-8H,3H2,1-2H3/b11-8+. The van der Waals surface area contributed by atoms with Crippen LogP contribution in [-0.2, 0) is 9.53 Å². The second kappa shape index (κ2) is 4.82. The van der Waals surface area contributed by atoms with Crippen molar-refractivity contribution in [1.29, 1.82) is 0 Å². The SMILES string of the molecule is CCOc1ccccc1/C=C1/N=C(C)OC1=O. The molecule has 4 nitrogen and oxygen atoms in total. The van der Waals surface area contributed by atoms with Gasteiger partial charge in [-0.2, -0.15) is 0 Å². The lowest BCUT2D eigenvalue weighted by molar-refractivity contribution is -0.130. The Morgan fingerprint density at radius 1 is 1.41 bits per heavy atom. The van der Waals surface area contributed by atoms with Gasteiger partial charge in [-0.1, -0.05) is 18.2 Å². The van der Waals surface area contributed by atoms with E-state index in [1.165, 1.54) is 0 Å². The van der Waals surface area contributed by atoms with Crippen molar-refractivity contribution in [2.75, 3.05) is 6.61 Å². The van der Waals surface area contributed by atoms with E-state index in [4.69, 9.17) is 9.47 Å². The van der Waals surface area contributed by atoms with Gasteiger partial charge >= 0.3 is 5.97 Å². The van der Waals surface area contributed by atoms with Gasteiger partial charge in [-0.05, 0) is 19.1 Å². The fraction of sp³-hybridized carbons (Fsp3) is 0.231. The van der Waals surface area contributed by atoms with Crippen LogP contribution in [0.5, 0.6) is 5.75 Å². The Kier molecular flexibility index (Phi) is 3.23.